The standard InChI is InChI=1S/C30H35N5O2S/c1-20-8-6-9-21(2)28(20)26-17-27-32-30(31-26)33-38-25-13-7-10-22(16-25)29(36)35-15-14-34(18-24(19-35)37-27)23-11-4-3-5-12-23/h6-10,13,16-17,23-24H,3-5,11-12,14-15,18-19H2,1-2H3,(H,31,32,33)/t24-/m1/s1. The number of anilines is 1. The number of carbonyl (C=O) groups is 1. The maximum atomic E-state index is 13.7. The molecule has 0 unspecified atom stereocenters. The molecular weight excluding hydrogens is 494 g/mol. The van der Waals surface area contributed by atoms with Gasteiger partial charge in [-0.1, -0.05) is 43.5 Å². The third-order valence-electron chi connectivity index (χ3n) is 7.97. The summed E-state index contributed by atoms with van der Waals surface area (Å²) < 4.78 is 9.96. The molecule has 1 N–H and O–H groups in total. The molecule has 6 rings (SSSR count). The Hall–Kier alpha value is -3.10. The van der Waals surface area contributed by atoms with Crippen LogP contribution in [0.5, 0.6) is 5.88 Å². The molecule has 1 aliphatic carbocycles. The Morgan fingerprint density at radius 2 is 1.74 bits per heavy atom. The number of amides is 1. The molecule has 7 nitrogen and oxygen atoms in total. The Balaban J connectivity index is 1.41. The van der Waals surface area contributed by atoms with Crippen LogP contribution in [0.1, 0.15) is 53.6 Å². The van der Waals surface area contributed by atoms with Gasteiger partial charge in [-0.2, -0.15) is 4.98 Å². The number of fused-ring (bicyclic) bond motifs is 6. The number of nitrogens with one attached hydrogen (secondary N) is 1. The molecule has 0 spiro atoms. The Labute approximate surface area is 229 Å². The lowest BCUT2D eigenvalue weighted by atomic mass is 9.94. The van der Waals surface area contributed by atoms with Gasteiger partial charge in [-0.25, -0.2) is 4.98 Å². The van der Waals surface area contributed by atoms with E-state index in [1.165, 1.54) is 44.1 Å². The van der Waals surface area contributed by atoms with Crippen molar-refractivity contribution in [1.82, 2.24) is 19.8 Å². The second-order valence-electron chi connectivity index (χ2n) is 10.7. The van der Waals surface area contributed by atoms with Crippen LogP contribution in [-0.4, -0.2) is 64.0 Å². The molecule has 1 saturated carbocycles. The van der Waals surface area contributed by atoms with E-state index in [9.17, 15) is 4.79 Å². The average molecular weight is 530 g/mol. The molecule has 2 aromatic carbocycles. The summed E-state index contributed by atoms with van der Waals surface area (Å²) in [6.45, 7) is 7.11. The van der Waals surface area contributed by atoms with E-state index in [0.717, 1.165) is 40.4 Å². The molecule has 3 aliphatic rings. The quantitative estimate of drug-likeness (QED) is 0.425. The molecule has 0 radical (unpaired) electrons. The normalized spacial score (nSPS) is 20.8. The lowest BCUT2D eigenvalue weighted by molar-refractivity contribution is 0.0684. The van der Waals surface area contributed by atoms with Gasteiger partial charge in [0.15, 0.2) is 0 Å². The highest BCUT2D eigenvalue weighted by molar-refractivity contribution is 8.00. The number of benzene rings is 2. The molecule has 2 fully saturated rings. The lowest BCUT2D eigenvalue weighted by Gasteiger charge is -2.34. The molecule has 8 heteroatoms. The van der Waals surface area contributed by atoms with Gasteiger partial charge in [0.25, 0.3) is 5.91 Å². The zero-order valence-electron chi connectivity index (χ0n) is 22.2. The first kappa shape index (κ1) is 25.2. The van der Waals surface area contributed by atoms with Crippen molar-refractivity contribution in [2.75, 3.05) is 30.9 Å². The molecule has 1 saturated heterocycles. The fourth-order valence-electron chi connectivity index (χ4n) is 6.06. The molecule has 38 heavy (non-hydrogen) atoms. The van der Waals surface area contributed by atoms with Gasteiger partial charge in [-0.3, -0.25) is 14.4 Å². The summed E-state index contributed by atoms with van der Waals surface area (Å²) in [4.78, 5) is 28.8. The summed E-state index contributed by atoms with van der Waals surface area (Å²) in [6, 6.07) is 16.6. The van der Waals surface area contributed by atoms with Crippen LogP contribution < -0.4 is 9.46 Å². The number of aromatic nitrogens is 2. The first-order valence-electron chi connectivity index (χ1n) is 13.7. The molecule has 3 heterocycles. The third kappa shape index (κ3) is 5.38. The van der Waals surface area contributed by atoms with Crippen LogP contribution >= 0.6 is 11.9 Å². The second kappa shape index (κ2) is 10.9. The Morgan fingerprint density at radius 3 is 2.55 bits per heavy atom. The zero-order chi connectivity index (χ0) is 26.1. The summed E-state index contributed by atoms with van der Waals surface area (Å²) in [6.07, 6.45) is 6.13. The van der Waals surface area contributed by atoms with Gasteiger partial charge in [-0.15, -0.1) is 0 Å². The van der Waals surface area contributed by atoms with Crippen molar-refractivity contribution < 1.29 is 9.53 Å². The SMILES string of the molecule is Cc1cccc(C)c1-c1cc2nc(n1)NSc1cccc(c1)C(=O)N1CCN(C3CCCCC3)C[C@H](C1)O2. The summed E-state index contributed by atoms with van der Waals surface area (Å²) in [5.74, 6) is 1.09. The number of carbonyl (C=O) groups excluding carboxylic acids is 1. The number of hydrogen-bond acceptors (Lipinski definition) is 7. The third-order valence-corrected chi connectivity index (χ3v) is 8.74. The molecule has 6 bridgehead atoms. The van der Waals surface area contributed by atoms with Gasteiger partial charge >= 0.3 is 0 Å². The largest absolute Gasteiger partial charge is 0.471 e. The smallest absolute Gasteiger partial charge is 0.254 e. The number of nitrogens with zero attached hydrogens (tertiary/aromatic N) is 4. The maximum Gasteiger partial charge on any atom is 0.254 e. The van der Waals surface area contributed by atoms with E-state index >= 15 is 0 Å². The Bertz CT molecular complexity index is 1310. The summed E-state index contributed by atoms with van der Waals surface area (Å²) >= 11 is 1.41. The summed E-state index contributed by atoms with van der Waals surface area (Å²) in [5, 5.41) is 0. The van der Waals surface area contributed by atoms with Gasteiger partial charge in [0, 0.05) is 47.8 Å². The topological polar surface area (TPSA) is 70.6 Å². The van der Waals surface area contributed by atoms with Crippen LogP contribution in [0.3, 0.4) is 0 Å². The first-order valence-corrected chi connectivity index (χ1v) is 14.5. The zero-order valence-corrected chi connectivity index (χ0v) is 23.0. The van der Waals surface area contributed by atoms with Crippen LogP contribution in [0.2, 0.25) is 0 Å². The van der Waals surface area contributed by atoms with Crippen molar-refractivity contribution in [1.29, 1.82) is 0 Å². The fraction of sp³-hybridized carbons (Fsp3) is 0.433. The van der Waals surface area contributed by atoms with Crippen LogP contribution in [0, 0.1) is 13.8 Å². The molecular formula is C30H35N5O2S. The van der Waals surface area contributed by atoms with Crippen molar-refractivity contribution in [3.63, 3.8) is 0 Å². The van der Waals surface area contributed by atoms with E-state index in [-0.39, 0.29) is 12.0 Å². The molecule has 3 aromatic rings. The highest BCUT2D eigenvalue weighted by atomic mass is 32.2. The van der Waals surface area contributed by atoms with Crippen molar-refractivity contribution in [3.05, 3.63) is 65.2 Å². The van der Waals surface area contributed by atoms with Gasteiger partial charge in [-0.05, 0) is 68.0 Å². The summed E-state index contributed by atoms with van der Waals surface area (Å²) in [5.41, 5.74) is 4.95. The molecule has 1 aromatic heterocycles. The van der Waals surface area contributed by atoms with Crippen molar-refractivity contribution >= 4 is 23.8 Å². The number of ether oxygens (including phenoxy) is 1. The van der Waals surface area contributed by atoms with E-state index in [4.69, 9.17) is 14.7 Å². The molecule has 1 atom stereocenters. The van der Waals surface area contributed by atoms with Crippen molar-refractivity contribution in [2.45, 2.75) is 63.0 Å². The highest BCUT2D eigenvalue weighted by Crippen LogP contribution is 2.32. The summed E-state index contributed by atoms with van der Waals surface area (Å²) in [7, 11) is 0. The monoisotopic (exact) mass is 529 g/mol. The molecule has 198 valence electrons. The first-order chi connectivity index (χ1) is 18.5. The van der Waals surface area contributed by atoms with Crippen LogP contribution in [0.25, 0.3) is 11.3 Å². The highest BCUT2D eigenvalue weighted by Gasteiger charge is 2.32. The minimum absolute atomic E-state index is 0.0554. The maximum absolute atomic E-state index is 13.7. The fourth-order valence-corrected chi connectivity index (χ4v) is 6.69. The van der Waals surface area contributed by atoms with Gasteiger partial charge in [0.2, 0.25) is 11.8 Å². The van der Waals surface area contributed by atoms with Crippen LogP contribution in [0.15, 0.2) is 53.4 Å². The van der Waals surface area contributed by atoms with E-state index in [2.05, 4.69) is 41.7 Å². The molecule has 1 amide bonds. The van der Waals surface area contributed by atoms with Gasteiger partial charge < -0.3 is 9.64 Å². The van der Waals surface area contributed by atoms with E-state index < -0.39 is 0 Å². The minimum atomic E-state index is -0.187. The predicted octanol–water partition coefficient (Wildman–Crippen LogP) is 5.73. The van der Waals surface area contributed by atoms with Gasteiger partial charge in [0.1, 0.15) is 6.10 Å². The lowest BCUT2D eigenvalue weighted by Crippen LogP contribution is -2.43. The number of aryl methyl sites for hydroxylation is 2. The van der Waals surface area contributed by atoms with E-state index in [1.54, 1.807) is 0 Å². The number of hydrogen-bond donors (Lipinski definition) is 1. The van der Waals surface area contributed by atoms with Crippen LogP contribution in [-0.2, 0) is 0 Å². The molecule has 2 aliphatic heterocycles. The number of rotatable bonds is 2. The van der Waals surface area contributed by atoms with Crippen molar-refractivity contribution in [3.8, 4) is 17.1 Å². The van der Waals surface area contributed by atoms with E-state index in [1.807, 2.05) is 35.2 Å². The van der Waals surface area contributed by atoms with E-state index in [0.29, 0.717) is 36.5 Å². The predicted molar refractivity (Wildman–Crippen MR) is 152 cm³/mol. The van der Waals surface area contributed by atoms with Crippen LogP contribution in [0.4, 0.5) is 5.95 Å². The Morgan fingerprint density at radius 1 is 0.947 bits per heavy atom. The Kier molecular flexibility index (Phi) is 7.26. The van der Waals surface area contributed by atoms with Crippen molar-refractivity contribution in [2.24, 2.45) is 0 Å². The second-order valence-corrected chi connectivity index (χ2v) is 11.6. The van der Waals surface area contributed by atoms with Gasteiger partial charge in [0.05, 0.1) is 12.2 Å². The minimum Gasteiger partial charge on any atom is -0.471 e. The average Bonchev–Trinajstić information content (AvgIpc) is 3.14.